The summed E-state index contributed by atoms with van der Waals surface area (Å²) in [5.74, 6) is 0.897. The molecule has 178 valence electrons. The van der Waals surface area contributed by atoms with E-state index in [0.29, 0.717) is 5.92 Å². The highest BCUT2D eigenvalue weighted by Crippen LogP contribution is 2.23. The second-order valence-electron chi connectivity index (χ2n) is 8.44. The van der Waals surface area contributed by atoms with E-state index in [9.17, 15) is 4.79 Å². The van der Waals surface area contributed by atoms with Crippen LogP contribution in [-0.2, 0) is 4.79 Å². The van der Waals surface area contributed by atoms with Crippen LogP contribution in [0.1, 0.15) is 36.5 Å². The van der Waals surface area contributed by atoms with Gasteiger partial charge in [0.05, 0.1) is 12.8 Å². The van der Waals surface area contributed by atoms with Crippen LogP contribution in [0.5, 0.6) is 5.75 Å². The van der Waals surface area contributed by atoms with Crippen molar-refractivity contribution in [2.24, 2.45) is 0 Å². The number of fused-ring (bicyclic) bond motifs is 1. The van der Waals surface area contributed by atoms with Crippen molar-refractivity contribution in [3.63, 3.8) is 0 Å². The Bertz CT molecular complexity index is 1390. The molecule has 0 unspecified atom stereocenters. The Balaban J connectivity index is 1.43. The minimum Gasteiger partial charge on any atom is -0.497 e. The lowest BCUT2D eigenvalue weighted by molar-refractivity contribution is -0.115. The van der Waals surface area contributed by atoms with Crippen molar-refractivity contribution in [1.29, 1.82) is 0 Å². The third-order valence-corrected chi connectivity index (χ3v) is 5.75. The largest absolute Gasteiger partial charge is 0.497 e. The molecule has 1 amide bonds. The van der Waals surface area contributed by atoms with Crippen LogP contribution in [0.4, 0.5) is 5.69 Å². The summed E-state index contributed by atoms with van der Waals surface area (Å²) in [5, 5.41) is 15.2. The number of nitrogens with one attached hydrogen (secondary N) is 2. The summed E-state index contributed by atoms with van der Waals surface area (Å²) >= 11 is 5.34. The molecule has 35 heavy (non-hydrogen) atoms. The van der Waals surface area contributed by atoms with Crippen LogP contribution in [0.25, 0.3) is 22.8 Å². The van der Waals surface area contributed by atoms with E-state index in [4.69, 9.17) is 17.0 Å². The molecule has 0 atom stereocenters. The predicted octanol–water partition coefficient (Wildman–Crippen LogP) is 5.39. The first-order valence-corrected chi connectivity index (χ1v) is 11.7. The number of hydrogen-bond acceptors (Lipinski definition) is 5. The molecule has 7 nitrogen and oxygen atoms in total. The lowest BCUT2D eigenvalue weighted by Gasteiger charge is -2.10. The molecule has 1 aromatic heterocycles. The molecule has 0 radical (unpaired) electrons. The summed E-state index contributed by atoms with van der Waals surface area (Å²) in [6.07, 6.45) is 3.14. The highest BCUT2D eigenvalue weighted by molar-refractivity contribution is 7.80. The molecule has 2 N–H and O–H groups in total. The first kappa shape index (κ1) is 24.1. The predicted molar refractivity (Wildman–Crippen MR) is 144 cm³/mol. The van der Waals surface area contributed by atoms with Gasteiger partial charge < -0.3 is 10.1 Å². The highest BCUT2D eigenvalue weighted by atomic mass is 32.1. The number of anilines is 1. The summed E-state index contributed by atoms with van der Waals surface area (Å²) in [6.45, 7) is 6.28. The molecule has 0 bridgehead atoms. The number of benzene rings is 3. The number of carbonyl (C=O) groups is 1. The molecule has 4 rings (SSSR count). The van der Waals surface area contributed by atoms with E-state index in [1.54, 1.807) is 18.0 Å². The van der Waals surface area contributed by atoms with Gasteiger partial charge in [-0.25, -0.2) is 0 Å². The van der Waals surface area contributed by atoms with Crippen LogP contribution in [0.15, 0.2) is 66.7 Å². The second-order valence-corrected chi connectivity index (χ2v) is 8.85. The molecule has 0 aliphatic rings. The van der Waals surface area contributed by atoms with Crippen molar-refractivity contribution in [2.75, 3.05) is 12.4 Å². The number of rotatable bonds is 6. The number of hydrogen-bond donors (Lipinski definition) is 2. The van der Waals surface area contributed by atoms with Gasteiger partial charge >= 0.3 is 0 Å². The first-order valence-electron chi connectivity index (χ1n) is 11.2. The van der Waals surface area contributed by atoms with Crippen LogP contribution in [0.3, 0.4) is 0 Å². The monoisotopic (exact) mass is 485 g/mol. The van der Waals surface area contributed by atoms with Crippen molar-refractivity contribution in [1.82, 2.24) is 20.3 Å². The highest BCUT2D eigenvalue weighted by Gasteiger charge is 2.11. The van der Waals surface area contributed by atoms with E-state index < -0.39 is 0 Å². The van der Waals surface area contributed by atoms with Crippen molar-refractivity contribution in [3.05, 3.63) is 83.4 Å². The third kappa shape index (κ3) is 5.91. The zero-order valence-corrected chi connectivity index (χ0v) is 20.9. The Kier molecular flexibility index (Phi) is 7.22. The summed E-state index contributed by atoms with van der Waals surface area (Å²) in [5.41, 5.74) is 6.22. The van der Waals surface area contributed by atoms with Crippen LogP contribution < -0.4 is 15.4 Å². The summed E-state index contributed by atoms with van der Waals surface area (Å²) in [4.78, 5) is 13.9. The second kappa shape index (κ2) is 10.5. The Morgan fingerprint density at radius 1 is 1.03 bits per heavy atom. The summed E-state index contributed by atoms with van der Waals surface area (Å²) in [6, 6.07) is 19.4. The standard InChI is InChI=1S/C27H27N5O2S/c1-17(2)20-8-10-21(11-9-20)32-30-24-15-18(3)23(16-25(24)31-32)28-27(35)29-26(33)14-7-19-5-12-22(34-4)13-6-19/h5-17H,1-4H3,(H2,28,29,33,35)/b14-7+. The van der Waals surface area contributed by atoms with Gasteiger partial charge in [-0.05, 0) is 84.2 Å². The summed E-state index contributed by atoms with van der Waals surface area (Å²) in [7, 11) is 1.61. The molecule has 0 fully saturated rings. The Labute approximate surface area is 209 Å². The van der Waals surface area contributed by atoms with E-state index in [0.717, 1.165) is 39.3 Å². The number of aromatic nitrogens is 3. The maximum atomic E-state index is 12.3. The number of carbonyl (C=O) groups excluding carboxylic acids is 1. The van der Waals surface area contributed by atoms with Gasteiger partial charge in [0.15, 0.2) is 5.11 Å². The van der Waals surface area contributed by atoms with Gasteiger partial charge in [-0.2, -0.15) is 4.80 Å². The molecule has 0 spiro atoms. The average molecular weight is 486 g/mol. The van der Waals surface area contributed by atoms with Gasteiger partial charge in [-0.15, -0.1) is 10.2 Å². The minimum atomic E-state index is -0.326. The van der Waals surface area contributed by atoms with Gasteiger partial charge in [0.25, 0.3) is 0 Å². The molecular formula is C27H27N5O2S. The fraction of sp³-hybridized carbons (Fsp3) is 0.185. The zero-order chi connectivity index (χ0) is 24.9. The lowest BCUT2D eigenvalue weighted by Crippen LogP contribution is -2.33. The van der Waals surface area contributed by atoms with Crippen LogP contribution in [0, 0.1) is 6.92 Å². The van der Waals surface area contributed by atoms with Crippen LogP contribution in [0.2, 0.25) is 0 Å². The maximum Gasteiger partial charge on any atom is 0.250 e. The maximum absolute atomic E-state index is 12.3. The molecule has 1 heterocycles. The number of aryl methyl sites for hydroxylation is 1. The Morgan fingerprint density at radius 3 is 2.31 bits per heavy atom. The molecule has 3 aromatic carbocycles. The number of nitrogens with zero attached hydrogens (tertiary/aromatic N) is 3. The van der Waals surface area contributed by atoms with E-state index in [1.807, 2.05) is 55.5 Å². The molecule has 4 aromatic rings. The smallest absolute Gasteiger partial charge is 0.250 e. The number of amides is 1. The third-order valence-electron chi connectivity index (χ3n) is 5.55. The number of thiocarbonyl (C=S) groups is 1. The number of methoxy groups -OCH3 is 1. The van der Waals surface area contributed by atoms with E-state index in [2.05, 4.69) is 46.8 Å². The Hall–Kier alpha value is -4.04. The molecule has 8 heteroatoms. The van der Waals surface area contributed by atoms with Gasteiger partial charge in [0.2, 0.25) is 5.91 Å². The SMILES string of the molecule is COc1ccc(/C=C/C(=O)NC(=S)Nc2cc3nn(-c4ccc(C(C)C)cc4)nc3cc2C)cc1. The van der Waals surface area contributed by atoms with Crippen molar-refractivity contribution in [3.8, 4) is 11.4 Å². The minimum absolute atomic E-state index is 0.202. The van der Waals surface area contributed by atoms with Gasteiger partial charge in [-0.1, -0.05) is 38.1 Å². The molecule has 0 saturated carbocycles. The first-order chi connectivity index (χ1) is 16.8. The zero-order valence-electron chi connectivity index (χ0n) is 20.1. The molecule has 0 saturated heterocycles. The van der Waals surface area contributed by atoms with Crippen molar-refractivity contribution < 1.29 is 9.53 Å². The summed E-state index contributed by atoms with van der Waals surface area (Å²) < 4.78 is 5.14. The molecule has 0 aliphatic heterocycles. The fourth-order valence-corrected chi connectivity index (χ4v) is 3.72. The normalized spacial score (nSPS) is 11.2. The number of ether oxygens (including phenoxy) is 1. The molecular weight excluding hydrogens is 458 g/mol. The Morgan fingerprint density at radius 2 is 1.69 bits per heavy atom. The van der Waals surface area contributed by atoms with E-state index in [-0.39, 0.29) is 11.0 Å². The van der Waals surface area contributed by atoms with Crippen molar-refractivity contribution in [2.45, 2.75) is 26.7 Å². The van der Waals surface area contributed by atoms with Crippen LogP contribution >= 0.6 is 12.2 Å². The van der Waals surface area contributed by atoms with Crippen molar-refractivity contribution >= 4 is 46.0 Å². The van der Waals surface area contributed by atoms with E-state index in [1.165, 1.54) is 11.6 Å². The van der Waals surface area contributed by atoms with Gasteiger partial charge in [0, 0.05) is 11.8 Å². The van der Waals surface area contributed by atoms with Crippen LogP contribution in [-0.4, -0.2) is 33.1 Å². The average Bonchev–Trinajstić information content (AvgIpc) is 3.26. The fourth-order valence-electron chi connectivity index (χ4n) is 3.50. The van der Waals surface area contributed by atoms with E-state index >= 15 is 0 Å². The molecule has 0 aliphatic carbocycles. The quantitative estimate of drug-likeness (QED) is 0.282. The topological polar surface area (TPSA) is 81.1 Å². The lowest BCUT2D eigenvalue weighted by atomic mass is 10.0. The van der Waals surface area contributed by atoms with Gasteiger partial charge in [0.1, 0.15) is 16.8 Å². The van der Waals surface area contributed by atoms with Gasteiger partial charge in [-0.3, -0.25) is 10.1 Å².